The molecule has 0 atom stereocenters. The number of carboxylic acids is 1. The second-order valence-electron chi connectivity index (χ2n) is 5.93. The van der Waals surface area contributed by atoms with Crippen LogP contribution in [0.2, 0.25) is 0 Å². The maximum Gasteiger partial charge on any atom is 0.310 e. The van der Waals surface area contributed by atoms with Crippen molar-refractivity contribution in [2.75, 3.05) is 20.7 Å². The summed E-state index contributed by atoms with van der Waals surface area (Å²) in [5, 5.41) is 9.49. The minimum absolute atomic E-state index is 0.221. The SMILES string of the molecule is COc1ccc(CN(C)CC2(C(=O)O)CCCC2)cc1F. The third kappa shape index (κ3) is 3.53. The summed E-state index contributed by atoms with van der Waals surface area (Å²) >= 11 is 0. The van der Waals surface area contributed by atoms with Crippen LogP contribution in [0.25, 0.3) is 0 Å². The van der Waals surface area contributed by atoms with Crippen molar-refractivity contribution >= 4 is 5.97 Å². The number of nitrogens with zero attached hydrogens (tertiary/aromatic N) is 1. The van der Waals surface area contributed by atoms with E-state index in [0.29, 0.717) is 13.1 Å². The molecule has 21 heavy (non-hydrogen) atoms. The van der Waals surface area contributed by atoms with Crippen LogP contribution in [0, 0.1) is 11.2 Å². The molecule has 1 aliphatic rings. The smallest absolute Gasteiger partial charge is 0.310 e. The van der Waals surface area contributed by atoms with Gasteiger partial charge in [0.1, 0.15) is 0 Å². The maximum atomic E-state index is 13.7. The molecule has 1 N–H and O–H groups in total. The molecule has 1 saturated carbocycles. The van der Waals surface area contributed by atoms with Crippen LogP contribution in [-0.2, 0) is 11.3 Å². The van der Waals surface area contributed by atoms with Crippen molar-refractivity contribution in [2.24, 2.45) is 5.41 Å². The van der Waals surface area contributed by atoms with E-state index in [1.54, 1.807) is 12.1 Å². The van der Waals surface area contributed by atoms with Gasteiger partial charge in [-0.05, 0) is 37.6 Å². The Balaban J connectivity index is 2.02. The lowest BCUT2D eigenvalue weighted by molar-refractivity contribution is -0.149. The van der Waals surface area contributed by atoms with Crippen LogP contribution in [0.5, 0.6) is 5.75 Å². The van der Waals surface area contributed by atoms with E-state index >= 15 is 0 Å². The number of carbonyl (C=O) groups is 1. The van der Waals surface area contributed by atoms with Gasteiger partial charge in [-0.2, -0.15) is 0 Å². The van der Waals surface area contributed by atoms with E-state index in [0.717, 1.165) is 31.2 Å². The zero-order chi connectivity index (χ0) is 15.5. The molecular weight excluding hydrogens is 273 g/mol. The Labute approximate surface area is 124 Å². The molecule has 4 nitrogen and oxygen atoms in total. The first-order valence-electron chi connectivity index (χ1n) is 7.21. The highest BCUT2D eigenvalue weighted by molar-refractivity contribution is 5.75. The highest BCUT2D eigenvalue weighted by Gasteiger charge is 2.41. The summed E-state index contributed by atoms with van der Waals surface area (Å²) in [5.74, 6) is -0.885. The number of ether oxygens (including phenoxy) is 1. The molecule has 0 radical (unpaired) electrons. The Morgan fingerprint density at radius 1 is 1.43 bits per heavy atom. The fourth-order valence-electron chi connectivity index (χ4n) is 3.18. The minimum Gasteiger partial charge on any atom is -0.494 e. The van der Waals surface area contributed by atoms with Crippen LogP contribution in [0.4, 0.5) is 4.39 Å². The second-order valence-corrected chi connectivity index (χ2v) is 5.93. The number of methoxy groups -OCH3 is 1. The molecule has 1 aromatic rings. The normalized spacial score (nSPS) is 17.1. The first-order chi connectivity index (χ1) is 9.97. The molecule has 2 rings (SSSR count). The largest absolute Gasteiger partial charge is 0.494 e. The van der Waals surface area contributed by atoms with E-state index < -0.39 is 17.2 Å². The van der Waals surface area contributed by atoms with Gasteiger partial charge in [-0.3, -0.25) is 4.79 Å². The van der Waals surface area contributed by atoms with Crippen molar-refractivity contribution in [3.05, 3.63) is 29.6 Å². The standard InChI is InChI=1S/C16H22FNO3/c1-18(11-16(15(19)20)7-3-4-8-16)10-12-5-6-14(21-2)13(17)9-12/h5-6,9H,3-4,7-8,10-11H2,1-2H3,(H,19,20). The zero-order valence-electron chi connectivity index (χ0n) is 12.6. The van der Waals surface area contributed by atoms with Crippen molar-refractivity contribution in [2.45, 2.75) is 32.2 Å². The van der Waals surface area contributed by atoms with Crippen molar-refractivity contribution in [1.82, 2.24) is 4.90 Å². The Bertz CT molecular complexity index is 512. The van der Waals surface area contributed by atoms with Gasteiger partial charge < -0.3 is 14.7 Å². The van der Waals surface area contributed by atoms with Crippen molar-refractivity contribution in [3.8, 4) is 5.75 Å². The molecule has 1 aromatic carbocycles. The molecule has 116 valence electrons. The number of carboxylic acid groups (broad SMARTS) is 1. The summed E-state index contributed by atoms with van der Waals surface area (Å²) in [5.41, 5.74) is 0.175. The van der Waals surface area contributed by atoms with Crippen LogP contribution in [0.1, 0.15) is 31.2 Å². The van der Waals surface area contributed by atoms with Gasteiger partial charge in [-0.15, -0.1) is 0 Å². The van der Waals surface area contributed by atoms with Crippen molar-refractivity contribution in [3.63, 3.8) is 0 Å². The number of hydrogen-bond acceptors (Lipinski definition) is 3. The zero-order valence-corrected chi connectivity index (χ0v) is 12.6. The van der Waals surface area contributed by atoms with Crippen LogP contribution >= 0.6 is 0 Å². The van der Waals surface area contributed by atoms with Crippen LogP contribution in [0.3, 0.4) is 0 Å². The first kappa shape index (κ1) is 15.8. The van der Waals surface area contributed by atoms with Gasteiger partial charge >= 0.3 is 5.97 Å². The van der Waals surface area contributed by atoms with Crippen LogP contribution in [-0.4, -0.2) is 36.7 Å². The highest BCUT2D eigenvalue weighted by atomic mass is 19.1. The topological polar surface area (TPSA) is 49.8 Å². The van der Waals surface area contributed by atoms with Crippen molar-refractivity contribution < 1.29 is 19.0 Å². The minimum atomic E-state index is -0.715. The van der Waals surface area contributed by atoms with Crippen LogP contribution in [0.15, 0.2) is 18.2 Å². The third-order valence-electron chi connectivity index (χ3n) is 4.26. The predicted molar refractivity (Wildman–Crippen MR) is 77.8 cm³/mol. The molecule has 0 saturated heterocycles. The molecule has 0 aliphatic heterocycles. The second kappa shape index (κ2) is 6.43. The van der Waals surface area contributed by atoms with E-state index in [-0.39, 0.29) is 5.75 Å². The average Bonchev–Trinajstić information content (AvgIpc) is 2.88. The van der Waals surface area contributed by atoms with Gasteiger partial charge in [-0.25, -0.2) is 4.39 Å². The quantitative estimate of drug-likeness (QED) is 0.876. The van der Waals surface area contributed by atoms with Gasteiger partial charge in [0.2, 0.25) is 0 Å². The maximum absolute atomic E-state index is 13.7. The number of hydrogen-bond donors (Lipinski definition) is 1. The van der Waals surface area contributed by atoms with E-state index in [4.69, 9.17) is 4.74 Å². The van der Waals surface area contributed by atoms with Crippen LogP contribution < -0.4 is 4.74 Å². The Morgan fingerprint density at radius 2 is 2.10 bits per heavy atom. The number of rotatable bonds is 6. The first-order valence-corrected chi connectivity index (χ1v) is 7.21. The van der Waals surface area contributed by atoms with E-state index in [1.807, 2.05) is 11.9 Å². The fraction of sp³-hybridized carbons (Fsp3) is 0.562. The lowest BCUT2D eigenvalue weighted by Crippen LogP contribution is -2.39. The lowest BCUT2D eigenvalue weighted by Gasteiger charge is -2.29. The van der Waals surface area contributed by atoms with E-state index in [1.165, 1.54) is 13.2 Å². The van der Waals surface area contributed by atoms with Crippen molar-refractivity contribution in [1.29, 1.82) is 0 Å². The molecule has 1 aliphatic carbocycles. The monoisotopic (exact) mass is 295 g/mol. The molecule has 0 unspecified atom stereocenters. The molecule has 0 spiro atoms. The Kier molecular flexibility index (Phi) is 4.83. The average molecular weight is 295 g/mol. The number of aliphatic carboxylic acids is 1. The summed E-state index contributed by atoms with van der Waals surface area (Å²) < 4.78 is 18.6. The fourth-order valence-corrected chi connectivity index (χ4v) is 3.18. The third-order valence-corrected chi connectivity index (χ3v) is 4.26. The summed E-state index contributed by atoms with van der Waals surface area (Å²) in [6.45, 7) is 1.02. The molecule has 0 amide bonds. The van der Waals surface area contributed by atoms with Gasteiger partial charge in [-0.1, -0.05) is 18.9 Å². The molecule has 0 aromatic heterocycles. The summed E-state index contributed by atoms with van der Waals surface area (Å²) in [6.07, 6.45) is 3.39. The summed E-state index contributed by atoms with van der Waals surface area (Å²) in [6, 6.07) is 4.85. The summed E-state index contributed by atoms with van der Waals surface area (Å²) in [7, 11) is 3.31. The molecular formula is C16H22FNO3. The molecule has 5 heteroatoms. The molecule has 0 bridgehead atoms. The Hall–Kier alpha value is -1.62. The molecule has 0 heterocycles. The Morgan fingerprint density at radius 3 is 2.62 bits per heavy atom. The van der Waals surface area contributed by atoms with Gasteiger partial charge in [0, 0.05) is 13.1 Å². The summed E-state index contributed by atoms with van der Waals surface area (Å²) in [4.78, 5) is 13.5. The van der Waals surface area contributed by atoms with Gasteiger partial charge in [0.15, 0.2) is 11.6 Å². The van der Waals surface area contributed by atoms with E-state index in [9.17, 15) is 14.3 Å². The molecule has 1 fully saturated rings. The predicted octanol–water partition coefficient (Wildman–Crippen LogP) is 2.91. The lowest BCUT2D eigenvalue weighted by atomic mass is 9.85. The highest BCUT2D eigenvalue weighted by Crippen LogP contribution is 2.39. The number of halogens is 1. The number of benzene rings is 1. The van der Waals surface area contributed by atoms with Gasteiger partial charge in [0.05, 0.1) is 12.5 Å². The van der Waals surface area contributed by atoms with Gasteiger partial charge in [0.25, 0.3) is 0 Å². The van der Waals surface area contributed by atoms with E-state index in [2.05, 4.69) is 0 Å².